The van der Waals surface area contributed by atoms with Gasteiger partial charge in [0, 0.05) is 0 Å². The first-order valence-electron chi connectivity index (χ1n) is 4.64. The minimum atomic E-state index is 0.883. The van der Waals surface area contributed by atoms with Crippen molar-refractivity contribution in [1.29, 1.82) is 0 Å². The Kier molecular flexibility index (Phi) is 9.14. The van der Waals surface area contributed by atoms with Gasteiger partial charge in [0.1, 0.15) is 0 Å². The second-order valence-corrected chi connectivity index (χ2v) is 2.75. The van der Waals surface area contributed by atoms with Gasteiger partial charge in [-0.05, 0) is 13.3 Å². The Bertz CT molecular complexity index is 86.9. The third-order valence-corrected chi connectivity index (χ3v) is 1.60. The molecule has 0 unspecified atom stereocenters. The molecule has 0 aromatic rings. The van der Waals surface area contributed by atoms with Crippen LogP contribution in [0.25, 0.3) is 0 Å². The largest absolute Gasteiger partial charge is 0.502 e. The summed E-state index contributed by atoms with van der Waals surface area (Å²) in [5.41, 5.74) is 0. The van der Waals surface area contributed by atoms with E-state index in [1.165, 1.54) is 32.1 Å². The molecule has 0 bridgehead atoms. The van der Waals surface area contributed by atoms with Gasteiger partial charge in [0.2, 0.25) is 0 Å². The van der Waals surface area contributed by atoms with Crippen molar-refractivity contribution < 1.29 is 4.74 Å². The predicted octanol–water partition coefficient (Wildman–Crippen LogP) is 3.51. The summed E-state index contributed by atoms with van der Waals surface area (Å²) in [6, 6.07) is 0. The summed E-state index contributed by atoms with van der Waals surface area (Å²) in [5, 5.41) is 0. The summed E-state index contributed by atoms with van der Waals surface area (Å²) < 4.78 is 5.18. The third-order valence-electron chi connectivity index (χ3n) is 1.60. The minimum absolute atomic E-state index is 0.883. The molecule has 0 radical (unpaired) electrons. The lowest BCUT2D eigenvalue weighted by atomic mass is 10.2. The molecule has 0 N–H and O–H groups in total. The first-order chi connectivity index (χ1) is 5.41. The first kappa shape index (κ1) is 10.5. The number of unbranched alkanes of at least 4 members (excludes halogenated alkanes) is 4. The van der Waals surface area contributed by atoms with Crippen LogP contribution in [0.5, 0.6) is 0 Å². The Morgan fingerprint density at radius 2 is 1.82 bits per heavy atom. The first-order valence-corrected chi connectivity index (χ1v) is 4.64. The zero-order valence-corrected chi connectivity index (χ0v) is 7.81. The van der Waals surface area contributed by atoms with E-state index in [2.05, 4.69) is 6.92 Å². The molecule has 0 amide bonds. The Morgan fingerprint density at radius 1 is 1.09 bits per heavy atom. The predicted molar refractivity (Wildman–Crippen MR) is 49.5 cm³/mol. The molecule has 0 fully saturated rings. The highest BCUT2D eigenvalue weighted by Gasteiger charge is 1.86. The normalized spacial score (nSPS) is 10.7. The molecule has 0 aliphatic rings. The lowest BCUT2D eigenvalue weighted by Gasteiger charge is -1.99. The van der Waals surface area contributed by atoms with Crippen molar-refractivity contribution >= 4 is 0 Å². The summed E-state index contributed by atoms with van der Waals surface area (Å²) >= 11 is 0. The fraction of sp³-hybridized carbons (Fsp3) is 0.800. The summed E-state index contributed by atoms with van der Waals surface area (Å²) in [6.45, 7) is 5.08. The Hall–Kier alpha value is -0.460. The molecule has 0 spiro atoms. The van der Waals surface area contributed by atoms with Crippen LogP contribution in [-0.4, -0.2) is 6.61 Å². The van der Waals surface area contributed by atoms with Gasteiger partial charge in [-0.15, -0.1) is 0 Å². The van der Waals surface area contributed by atoms with E-state index in [-0.39, 0.29) is 0 Å². The van der Waals surface area contributed by atoms with E-state index in [4.69, 9.17) is 4.74 Å². The van der Waals surface area contributed by atoms with Gasteiger partial charge in [0.25, 0.3) is 0 Å². The average molecular weight is 156 g/mol. The van der Waals surface area contributed by atoms with Crippen LogP contribution >= 0.6 is 0 Å². The van der Waals surface area contributed by atoms with Crippen LogP contribution in [0.1, 0.15) is 46.0 Å². The molecule has 0 aliphatic carbocycles. The standard InChI is InChI=1S/C10H20O/c1-3-5-6-7-8-10-11-9-4-2/h4,9H,3,5-8,10H2,1-2H3. The molecule has 0 atom stereocenters. The van der Waals surface area contributed by atoms with Crippen molar-refractivity contribution in [1.82, 2.24) is 0 Å². The molecule has 0 aliphatic heterocycles. The maximum absolute atomic E-state index is 5.18. The number of rotatable bonds is 7. The smallest absolute Gasteiger partial charge is 0.0873 e. The highest BCUT2D eigenvalue weighted by Crippen LogP contribution is 2.02. The van der Waals surface area contributed by atoms with Crippen molar-refractivity contribution in [3.05, 3.63) is 12.3 Å². The van der Waals surface area contributed by atoms with Gasteiger partial charge in [0.15, 0.2) is 0 Å². The molecule has 1 heteroatoms. The second kappa shape index (κ2) is 9.54. The fourth-order valence-electron chi connectivity index (χ4n) is 0.953. The zero-order chi connectivity index (χ0) is 8.36. The van der Waals surface area contributed by atoms with E-state index in [1.54, 1.807) is 6.26 Å². The fourth-order valence-corrected chi connectivity index (χ4v) is 0.953. The molecule has 0 rings (SSSR count). The summed E-state index contributed by atoms with van der Waals surface area (Å²) in [4.78, 5) is 0. The highest BCUT2D eigenvalue weighted by atomic mass is 16.5. The highest BCUT2D eigenvalue weighted by molar-refractivity contribution is 4.64. The average Bonchev–Trinajstić information content (AvgIpc) is 2.03. The molecular weight excluding hydrogens is 136 g/mol. The summed E-state index contributed by atoms with van der Waals surface area (Å²) in [5.74, 6) is 0. The number of hydrogen-bond donors (Lipinski definition) is 0. The number of ether oxygens (including phenoxy) is 1. The molecule has 0 heterocycles. The van der Waals surface area contributed by atoms with Gasteiger partial charge in [-0.1, -0.05) is 38.7 Å². The summed E-state index contributed by atoms with van der Waals surface area (Å²) in [7, 11) is 0. The van der Waals surface area contributed by atoms with Crippen LogP contribution in [0.2, 0.25) is 0 Å². The third kappa shape index (κ3) is 9.54. The molecule has 0 aromatic heterocycles. The van der Waals surface area contributed by atoms with Gasteiger partial charge in [-0.25, -0.2) is 0 Å². The van der Waals surface area contributed by atoms with Crippen LogP contribution in [-0.2, 0) is 4.74 Å². The maximum atomic E-state index is 5.18. The number of allylic oxidation sites excluding steroid dienone is 1. The van der Waals surface area contributed by atoms with Crippen LogP contribution < -0.4 is 0 Å². The molecule has 0 saturated heterocycles. The van der Waals surface area contributed by atoms with Gasteiger partial charge in [0.05, 0.1) is 12.9 Å². The van der Waals surface area contributed by atoms with Crippen LogP contribution in [0.4, 0.5) is 0 Å². The molecular formula is C10H20O. The van der Waals surface area contributed by atoms with E-state index in [1.807, 2.05) is 13.0 Å². The lowest BCUT2D eigenvalue weighted by molar-refractivity contribution is 0.240. The zero-order valence-electron chi connectivity index (χ0n) is 7.81. The van der Waals surface area contributed by atoms with Crippen molar-refractivity contribution in [2.45, 2.75) is 46.0 Å². The quantitative estimate of drug-likeness (QED) is 0.405. The van der Waals surface area contributed by atoms with E-state index in [9.17, 15) is 0 Å². The topological polar surface area (TPSA) is 9.23 Å². The monoisotopic (exact) mass is 156 g/mol. The minimum Gasteiger partial charge on any atom is -0.502 e. The second-order valence-electron chi connectivity index (χ2n) is 2.75. The molecule has 0 saturated carbocycles. The van der Waals surface area contributed by atoms with Crippen LogP contribution in [0.3, 0.4) is 0 Å². The lowest BCUT2D eigenvalue weighted by Crippen LogP contribution is -1.87. The van der Waals surface area contributed by atoms with Crippen molar-refractivity contribution in [2.24, 2.45) is 0 Å². The Labute approximate surface area is 70.4 Å². The SMILES string of the molecule is CC=COCCCCCCC. The molecule has 0 aromatic carbocycles. The van der Waals surface area contributed by atoms with Crippen molar-refractivity contribution in [3.63, 3.8) is 0 Å². The van der Waals surface area contributed by atoms with Crippen molar-refractivity contribution in [3.8, 4) is 0 Å². The molecule has 66 valence electrons. The van der Waals surface area contributed by atoms with Gasteiger partial charge < -0.3 is 4.74 Å². The maximum Gasteiger partial charge on any atom is 0.0873 e. The summed E-state index contributed by atoms with van der Waals surface area (Å²) in [6.07, 6.45) is 10.2. The van der Waals surface area contributed by atoms with Gasteiger partial charge in [-0.2, -0.15) is 0 Å². The molecule has 1 nitrogen and oxygen atoms in total. The Balaban J connectivity index is 2.79. The molecule has 11 heavy (non-hydrogen) atoms. The van der Waals surface area contributed by atoms with Crippen LogP contribution in [0, 0.1) is 0 Å². The van der Waals surface area contributed by atoms with E-state index < -0.39 is 0 Å². The van der Waals surface area contributed by atoms with Gasteiger partial charge >= 0.3 is 0 Å². The van der Waals surface area contributed by atoms with Gasteiger partial charge in [-0.3, -0.25) is 0 Å². The van der Waals surface area contributed by atoms with Crippen LogP contribution in [0.15, 0.2) is 12.3 Å². The Morgan fingerprint density at radius 3 is 2.45 bits per heavy atom. The van der Waals surface area contributed by atoms with E-state index >= 15 is 0 Å². The number of hydrogen-bond acceptors (Lipinski definition) is 1. The van der Waals surface area contributed by atoms with E-state index in [0.29, 0.717) is 0 Å². The van der Waals surface area contributed by atoms with Crippen molar-refractivity contribution in [2.75, 3.05) is 6.61 Å². The van der Waals surface area contributed by atoms with E-state index in [0.717, 1.165) is 6.61 Å².